The lowest BCUT2D eigenvalue weighted by Crippen LogP contribution is -2.35. The average molecular weight is 290 g/mol. The highest BCUT2D eigenvalue weighted by molar-refractivity contribution is 5.94. The lowest BCUT2D eigenvalue weighted by atomic mass is 9.98. The first-order valence-corrected chi connectivity index (χ1v) is 7.83. The Bertz CT molecular complexity index is 488. The van der Waals surface area contributed by atoms with Crippen molar-refractivity contribution in [3.8, 4) is 5.75 Å². The summed E-state index contributed by atoms with van der Waals surface area (Å²) < 4.78 is 5.27. The topological polar surface area (TPSA) is 55.6 Å². The number of methoxy groups -OCH3 is 1. The van der Waals surface area contributed by atoms with E-state index in [1.165, 1.54) is 5.56 Å². The molecule has 0 radical (unpaired) electrons. The molecule has 1 atom stereocenters. The normalized spacial score (nSPS) is 15.5. The second kappa shape index (κ2) is 7.46. The molecule has 1 aromatic carbocycles. The Labute approximate surface area is 127 Å². The van der Waals surface area contributed by atoms with Crippen molar-refractivity contribution in [2.45, 2.75) is 39.0 Å². The fraction of sp³-hybridized carbons (Fsp3) is 0.588. The van der Waals surface area contributed by atoms with Gasteiger partial charge in [0, 0.05) is 18.7 Å². The van der Waals surface area contributed by atoms with Gasteiger partial charge in [-0.05, 0) is 61.9 Å². The van der Waals surface area contributed by atoms with Crippen molar-refractivity contribution in [1.82, 2.24) is 0 Å². The maximum Gasteiger partial charge on any atom is 0.226 e. The first-order valence-electron chi connectivity index (χ1n) is 7.83. The Morgan fingerprint density at radius 2 is 2.24 bits per heavy atom. The molecule has 21 heavy (non-hydrogen) atoms. The molecule has 2 N–H and O–H groups in total. The summed E-state index contributed by atoms with van der Waals surface area (Å²) in [6.45, 7) is 3.68. The number of aryl methyl sites for hydroxylation is 1. The molecular weight excluding hydrogens is 264 g/mol. The molecule has 1 aromatic rings. The SMILES string of the molecule is COc1ccc2c(c1)CCCN2C(=O)CCC(C)CCN. The molecule has 0 spiro atoms. The molecular formula is C17H26N2O2. The number of benzene rings is 1. The van der Waals surface area contributed by atoms with Crippen LogP contribution in [0.2, 0.25) is 0 Å². The lowest BCUT2D eigenvalue weighted by molar-refractivity contribution is -0.119. The number of ether oxygens (including phenoxy) is 1. The predicted molar refractivity (Wildman–Crippen MR) is 85.7 cm³/mol. The summed E-state index contributed by atoms with van der Waals surface area (Å²) >= 11 is 0. The van der Waals surface area contributed by atoms with E-state index in [9.17, 15) is 4.79 Å². The number of hydrogen-bond acceptors (Lipinski definition) is 3. The molecule has 0 aliphatic carbocycles. The Balaban J connectivity index is 2.03. The van der Waals surface area contributed by atoms with Gasteiger partial charge in [-0.15, -0.1) is 0 Å². The van der Waals surface area contributed by atoms with Crippen LogP contribution in [0.15, 0.2) is 18.2 Å². The minimum atomic E-state index is 0.227. The summed E-state index contributed by atoms with van der Waals surface area (Å²) in [6.07, 6.45) is 4.54. The van der Waals surface area contributed by atoms with Gasteiger partial charge in [0.1, 0.15) is 5.75 Å². The second-order valence-corrected chi connectivity index (χ2v) is 5.86. The van der Waals surface area contributed by atoms with E-state index < -0.39 is 0 Å². The van der Waals surface area contributed by atoms with Crippen molar-refractivity contribution in [3.63, 3.8) is 0 Å². The number of nitrogens with zero attached hydrogens (tertiary/aromatic N) is 1. The van der Waals surface area contributed by atoms with E-state index in [0.29, 0.717) is 18.9 Å². The average Bonchev–Trinajstić information content (AvgIpc) is 2.51. The standard InChI is InChI=1S/C17H26N2O2/c1-13(9-10-18)5-8-17(20)19-11-3-4-14-12-15(21-2)6-7-16(14)19/h6-7,12-13H,3-5,8-11,18H2,1-2H3. The first-order chi connectivity index (χ1) is 10.2. The Morgan fingerprint density at radius 3 is 2.95 bits per heavy atom. The van der Waals surface area contributed by atoms with E-state index >= 15 is 0 Å². The van der Waals surface area contributed by atoms with Crippen LogP contribution in [0.5, 0.6) is 5.75 Å². The highest BCUT2D eigenvalue weighted by Crippen LogP contribution is 2.31. The molecule has 2 rings (SSSR count). The predicted octanol–water partition coefficient (Wildman–Crippen LogP) is 2.74. The number of carbonyl (C=O) groups excluding carboxylic acids is 1. The van der Waals surface area contributed by atoms with Gasteiger partial charge >= 0.3 is 0 Å². The summed E-state index contributed by atoms with van der Waals surface area (Å²) in [7, 11) is 1.67. The van der Waals surface area contributed by atoms with Gasteiger partial charge in [0.05, 0.1) is 7.11 Å². The number of amides is 1. The van der Waals surface area contributed by atoms with E-state index in [2.05, 4.69) is 6.92 Å². The third-order valence-corrected chi connectivity index (χ3v) is 4.22. The third kappa shape index (κ3) is 3.97. The summed E-state index contributed by atoms with van der Waals surface area (Å²) in [5, 5.41) is 0. The van der Waals surface area contributed by atoms with Crippen LogP contribution in [0.4, 0.5) is 5.69 Å². The third-order valence-electron chi connectivity index (χ3n) is 4.22. The van der Waals surface area contributed by atoms with Crippen LogP contribution < -0.4 is 15.4 Å². The van der Waals surface area contributed by atoms with Crippen LogP contribution in [0, 0.1) is 5.92 Å². The largest absolute Gasteiger partial charge is 0.497 e. The maximum atomic E-state index is 12.5. The van der Waals surface area contributed by atoms with E-state index in [1.807, 2.05) is 23.1 Å². The summed E-state index contributed by atoms with van der Waals surface area (Å²) in [4.78, 5) is 14.4. The van der Waals surface area contributed by atoms with Gasteiger partial charge in [-0.3, -0.25) is 4.79 Å². The maximum absolute atomic E-state index is 12.5. The monoisotopic (exact) mass is 290 g/mol. The molecule has 0 fully saturated rings. The molecule has 0 saturated heterocycles. The van der Waals surface area contributed by atoms with E-state index in [4.69, 9.17) is 10.5 Å². The van der Waals surface area contributed by atoms with E-state index in [-0.39, 0.29) is 5.91 Å². The Morgan fingerprint density at radius 1 is 1.43 bits per heavy atom. The second-order valence-electron chi connectivity index (χ2n) is 5.86. The van der Waals surface area contributed by atoms with Crippen molar-refractivity contribution in [1.29, 1.82) is 0 Å². The van der Waals surface area contributed by atoms with Crippen LogP contribution in [0.1, 0.15) is 38.2 Å². The van der Waals surface area contributed by atoms with Crippen LogP contribution in [-0.2, 0) is 11.2 Å². The van der Waals surface area contributed by atoms with Crippen LogP contribution >= 0.6 is 0 Å². The summed E-state index contributed by atoms with van der Waals surface area (Å²) in [5.41, 5.74) is 7.83. The molecule has 0 aromatic heterocycles. The highest BCUT2D eigenvalue weighted by atomic mass is 16.5. The van der Waals surface area contributed by atoms with Gasteiger partial charge in [0.25, 0.3) is 0 Å². The van der Waals surface area contributed by atoms with Gasteiger partial charge in [-0.1, -0.05) is 6.92 Å². The zero-order valence-electron chi connectivity index (χ0n) is 13.1. The summed E-state index contributed by atoms with van der Waals surface area (Å²) in [6, 6.07) is 5.99. The molecule has 4 heteroatoms. The molecule has 1 unspecified atom stereocenters. The van der Waals surface area contributed by atoms with Crippen molar-refractivity contribution in [2.75, 3.05) is 25.1 Å². The van der Waals surface area contributed by atoms with Crippen molar-refractivity contribution in [3.05, 3.63) is 23.8 Å². The highest BCUT2D eigenvalue weighted by Gasteiger charge is 2.22. The number of hydrogen-bond donors (Lipinski definition) is 1. The van der Waals surface area contributed by atoms with Crippen molar-refractivity contribution in [2.24, 2.45) is 11.7 Å². The smallest absolute Gasteiger partial charge is 0.226 e. The van der Waals surface area contributed by atoms with Gasteiger partial charge in [-0.25, -0.2) is 0 Å². The number of anilines is 1. The van der Waals surface area contributed by atoms with Gasteiger partial charge in [0.2, 0.25) is 5.91 Å². The summed E-state index contributed by atoms with van der Waals surface area (Å²) in [5.74, 6) is 1.60. The number of fused-ring (bicyclic) bond motifs is 1. The van der Waals surface area contributed by atoms with Crippen LogP contribution in [-0.4, -0.2) is 26.1 Å². The minimum absolute atomic E-state index is 0.227. The lowest BCUT2D eigenvalue weighted by Gasteiger charge is -2.30. The molecule has 4 nitrogen and oxygen atoms in total. The molecule has 0 saturated carbocycles. The van der Waals surface area contributed by atoms with Gasteiger partial charge in [0.15, 0.2) is 0 Å². The fourth-order valence-electron chi connectivity index (χ4n) is 2.89. The molecule has 1 aliphatic rings. The Hall–Kier alpha value is -1.55. The molecule has 1 amide bonds. The number of rotatable bonds is 6. The zero-order valence-corrected chi connectivity index (χ0v) is 13.1. The molecule has 1 heterocycles. The zero-order chi connectivity index (χ0) is 15.2. The van der Waals surface area contributed by atoms with Crippen LogP contribution in [0.25, 0.3) is 0 Å². The number of carbonyl (C=O) groups is 1. The first kappa shape index (κ1) is 15.8. The van der Waals surface area contributed by atoms with Crippen molar-refractivity contribution < 1.29 is 9.53 Å². The van der Waals surface area contributed by atoms with Gasteiger partial charge in [-0.2, -0.15) is 0 Å². The van der Waals surface area contributed by atoms with Crippen LogP contribution in [0.3, 0.4) is 0 Å². The molecule has 1 aliphatic heterocycles. The quantitative estimate of drug-likeness (QED) is 0.876. The molecule has 0 bridgehead atoms. The minimum Gasteiger partial charge on any atom is -0.497 e. The van der Waals surface area contributed by atoms with E-state index in [1.54, 1.807) is 7.11 Å². The van der Waals surface area contributed by atoms with Gasteiger partial charge < -0.3 is 15.4 Å². The van der Waals surface area contributed by atoms with Crippen molar-refractivity contribution >= 4 is 11.6 Å². The van der Waals surface area contributed by atoms with E-state index in [0.717, 1.165) is 43.7 Å². The molecule has 116 valence electrons. The Kier molecular flexibility index (Phi) is 5.62. The number of nitrogens with two attached hydrogens (primary N) is 1. The fourth-order valence-corrected chi connectivity index (χ4v) is 2.89.